The highest BCUT2D eigenvalue weighted by Crippen LogP contribution is 2.00. The molecule has 1 rings (SSSR count). The van der Waals surface area contributed by atoms with Crippen LogP contribution in [0.25, 0.3) is 0 Å². The van der Waals surface area contributed by atoms with Crippen LogP contribution in [-0.4, -0.2) is 36.7 Å². The van der Waals surface area contributed by atoms with E-state index in [1.807, 2.05) is 18.9 Å². The number of hydrogen-bond donors (Lipinski definition) is 0. The van der Waals surface area contributed by atoms with Crippen molar-refractivity contribution in [2.24, 2.45) is 4.99 Å². The fourth-order valence-corrected chi connectivity index (χ4v) is 1.04. The van der Waals surface area contributed by atoms with Crippen molar-refractivity contribution < 1.29 is 4.79 Å². The first-order valence-corrected chi connectivity index (χ1v) is 3.94. The maximum atomic E-state index is 11.0. The topological polar surface area (TPSA) is 32.7 Å². The number of nitrogens with zero attached hydrogens (tertiary/aromatic N) is 2. The Balaban J connectivity index is 2.59. The van der Waals surface area contributed by atoms with Crippen molar-refractivity contribution in [3.63, 3.8) is 0 Å². The number of Topliss-reactive ketones (excluding diaryl/α,β-unsaturated/α-hetero) is 1. The summed E-state index contributed by atoms with van der Waals surface area (Å²) < 4.78 is 0. The largest absolute Gasteiger partial charge is 0.363 e. The average Bonchev–Trinajstić information content (AvgIpc) is 1.98. The van der Waals surface area contributed by atoms with Crippen LogP contribution in [0.2, 0.25) is 0 Å². The lowest BCUT2D eigenvalue weighted by molar-refractivity contribution is -0.119. The van der Waals surface area contributed by atoms with Crippen molar-refractivity contribution in [3.8, 4) is 0 Å². The molecule has 0 unspecified atom stereocenters. The lowest BCUT2D eigenvalue weighted by Crippen LogP contribution is -2.29. The third-order valence-electron chi connectivity index (χ3n) is 2.01. The van der Waals surface area contributed by atoms with Crippen molar-refractivity contribution in [2.45, 2.75) is 19.8 Å². The highest BCUT2D eigenvalue weighted by Gasteiger charge is 2.08. The molecule has 11 heavy (non-hydrogen) atoms. The van der Waals surface area contributed by atoms with E-state index in [0.717, 1.165) is 12.4 Å². The molecule has 0 fully saturated rings. The van der Waals surface area contributed by atoms with E-state index in [1.54, 1.807) is 0 Å². The number of carbonyl (C=O) groups excluding carboxylic acids is 1. The van der Waals surface area contributed by atoms with Crippen LogP contribution in [0.5, 0.6) is 0 Å². The fourth-order valence-electron chi connectivity index (χ4n) is 1.04. The van der Waals surface area contributed by atoms with E-state index in [1.165, 1.54) is 0 Å². The molecule has 3 heteroatoms. The van der Waals surface area contributed by atoms with E-state index in [4.69, 9.17) is 0 Å². The van der Waals surface area contributed by atoms with Gasteiger partial charge in [0.1, 0.15) is 5.78 Å². The van der Waals surface area contributed by atoms with Crippen molar-refractivity contribution in [3.05, 3.63) is 0 Å². The minimum Gasteiger partial charge on any atom is -0.363 e. The molecule has 0 aromatic heterocycles. The van der Waals surface area contributed by atoms with Crippen LogP contribution in [0, 0.1) is 0 Å². The number of aliphatic imine (C=N–C) groups is 1. The first-order chi connectivity index (χ1) is 5.20. The van der Waals surface area contributed by atoms with Crippen molar-refractivity contribution in [1.82, 2.24) is 4.90 Å². The highest BCUT2D eigenvalue weighted by atomic mass is 16.1. The second-order valence-electron chi connectivity index (χ2n) is 2.89. The molecule has 0 spiro atoms. The normalized spacial score (nSPS) is 20.7. The zero-order valence-electron chi connectivity index (χ0n) is 7.13. The van der Waals surface area contributed by atoms with Gasteiger partial charge in [-0.3, -0.25) is 9.79 Å². The Morgan fingerprint density at radius 1 is 1.45 bits per heavy atom. The number of amidine groups is 1. The predicted octanol–water partition coefficient (Wildman–Crippen LogP) is 0.700. The lowest BCUT2D eigenvalue weighted by atomic mass is 10.2. The average molecular weight is 154 g/mol. The molecular weight excluding hydrogens is 140 g/mol. The molecule has 0 amide bonds. The highest BCUT2D eigenvalue weighted by molar-refractivity contribution is 5.83. The van der Waals surface area contributed by atoms with Gasteiger partial charge in [0.15, 0.2) is 0 Å². The quantitative estimate of drug-likeness (QED) is 0.514. The molecule has 0 aromatic carbocycles. The van der Waals surface area contributed by atoms with E-state index in [9.17, 15) is 4.79 Å². The molecule has 0 aromatic rings. The summed E-state index contributed by atoms with van der Waals surface area (Å²) in [6.07, 6.45) is 1.29. The maximum absolute atomic E-state index is 11.0. The zero-order valence-corrected chi connectivity index (χ0v) is 7.13. The van der Waals surface area contributed by atoms with Gasteiger partial charge in [0.05, 0.1) is 5.84 Å². The molecule has 1 heterocycles. The van der Waals surface area contributed by atoms with E-state index in [2.05, 4.69) is 4.99 Å². The van der Waals surface area contributed by atoms with Crippen LogP contribution in [0.1, 0.15) is 19.8 Å². The van der Waals surface area contributed by atoms with Crippen LogP contribution in [0.15, 0.2) is 4.99 Å². The Bertz CT molecular complexity index is 187. The van der Waals surface area contributed by atoms with E-state index >= 15 is 0 Å². The monoisotopic (exact) mass is 154 g/mol. The van der Waals surface area contributed by atoms with Gasteiger partial charge in [0.2, 0.25) is 0 Å². The number of ketones is 1. The van der Waals surface area contributed by atoms with Gasteiger partial charge in [-0.2, -0.15) is 0 Å². The Hall–Kier alpha value is -0.860. The van der Waals surface area contributed by atoms with Gasteiger partial charge >= 0.3 is 0 Å². The standard InChI is InChI=1S/C8H14N2O/c1-7-9-5-3-8(11)4-6-10(7)2/h3-6H2,1-2H3. The Morgan fingerprint density at radius 3 is 2.91 bits per heavy atom. The summed E-state index contributed by atoms with van der Waals surface area (Å²) in [5.41, 5.74) is 0. The summed E-state index contributed by atoms with van der Waals surface area (Å²) in [5, 5.41) is 0. The van der Waals surface area contributed by atoms with Gasteiger partial charge in [-0.1, -0.05) is 0 Å². The van der Waals surface area contributed by atoms with E-state index in [-0.39, 0.29) is 0 Å². The van der Waals surface area contributed by atoms with Gasteiger partial charge in [-0.25, -0.2) is 0 Å². The summed E-state index contributed by atoms with van der Waals surface area (Å²) in [5.74, 6) is 1.37. The first kappa shape index (κ1) is 8.24. The summed E-state index contributed by atoms with van der Waals surface area (Å²) in [6.45, 7) is 3.46. The van der Waals surface area contributed by atoms with Gasteiger partial charge in [-0.15, -0.1) is 0 Å². The zero-order chi connectivity index (χ0) is 8.27. The number of rotatable bonds is 0. The Kier molecular flexibility index (Phi) is 2.63. The number of carbonyl (C=O) groups is 1. The number of hydrogen-bond acceptors (Lipinski definition) is 3. The van der Waals surface area contributed by atoms with Gasteiger partial charge < -0.3 is 4.90 Å². The molecule has 1 aliphatic heterocycles. The minimum absolute atomic E-state index is 0.327. The summed E-state index contributed by atoms with van der Waals surface area (Å²) in [6, 6.07) is 0. The molecule has 0 atom stereocenters. The Labute approximate surface area is 67.1 Å². The molecule has 0 aliphatic carbocycles. The minimum atomic E-state index is 0.327. The molecule has 0 saturated heterocycles. The second-order valence-corrected chi connectivity index (χ2v) is 2.89. The van der Waals surface area contributed by atoms with Crippen LogP contribution in [0.3, 0.4) is 0 Å². The van der Waals surface area contributed by atoms with Crippen molar-refractivity contribution in [1.29, 1.82) is 0 Å². The third kappa shape index (κ3) is 2.33. The Morgan fingerprint density at radius 2 is 2.18 bits per heavy atom. The molecule has 0 N–H and O–H groups in total. The lowest BCUT2D eigenvalue weighted by Gasteiger charge is -2.19. The summed E-state index contributed by atoms with van der Waals surface area (Å²) >= 11 is 0. The molecule has 0 saturated carbocycles. The molecule has 3 nitrogen and oxygen atoms in total. The van der Waals surface area contributed by atoms with Gasteiger partial charge in [0.25, 0.3) is 0 Å². The third-order valence-corrected chi connectivity index (χ3v) is 2.01. The molecular formula is C8H14N2O. The van der Waals surface area contributed by atoms with Crippen LogP contribution in [0.4, 0.5) is 0 Å². The molecule has 0 bridgehead atoms. The molecule has 62 valence electrons. The second kappa shape index (κ2) is 3.51. The molecule has 0 radical (unpaired) electrons. The van der Waals surface area contributed by atoms with Crippen LogP contribution in [-0.2, 0) is 4.79 Å². The summed E-state index contributed by atoms with van der Waals surface area (Å²) in [7, 11) is 1.97. The van der Waals surface area contributed by atoms with E-state index < -0.39 is 0 Å². The molecule has 1 aliphatic rings. The van der Waals surface area contributed by atoms with Gasteiger partial charge in [0, 0.05) is 33.0 Å². The SMILES string of the molecule is CC1=NCCC(=O)CCN1C. The van der Waals surface area contributed by atoms with Crippen molar-refractivity contribution in [2.75, 3.05) is 20.1 Å². The van der Waals surface area contributed by atoms with Crippen LogP contribution >= 0.6 is 0 Å². The first-order valence-electron chi connectivity index (χ1n) is 3.94. The smallest absolute Gasteiger partial charge is 0.136 e. The maximum Gasteiger partial charge on any atom is 0.136 e. The van der Waals surface area contributed by atoms with Crippen LogP contribution < -0.4 is 0 Å². The fraction of sp³-hybridized carbons (Fsp3) is 0.750. The van der Waals surface area contributed by atoms with Crippen molar-refractivity contribution >= 4 is 11.6 Å². The predicted molar refractivity (Wildman–Crippen MR) is 44.8 cm³/mol. The van der Waals surface area contributed by atoms with E-state index in [0.29, 0.717) is 25.2 Å². The van der Waals surface area contributed by atoms with Gasteiger partial charge in [-0.05, 0) is 6.92 Å². The summed E-state index contributed by atoms with van der Waals surface area (Å²) in [4.78, 5) is 17.3.